The van der Waals surface area contributed by atoms with Crippen molar-refractivity contribution in [1.29, 1.82) is 0 Å². The summed E-state index contributed by atoms with van der Waals surface area (Å²) in [6.45, 7) is -0.635. The van der Waals surface area contributed by atoms with E-state index in [0.717, 1.165) is 4.31 Å². The lowest BCUT2D eigenvalue weighted by Crippen LogP contribution is -2.39. The monoisotopic (exact) mass is 343 g/mol. The number of hydrogen-bond donors (Lipinski definition) is 2. The zero-order chi connectivity index (χ0) is 17.6. The number of carbonyl (C=O) groups excluding carboxylic acids is 3. The van der Waals surface area contributed by atoms with Gasteiger partial charge >= 0.3 is 12.0 Å². The maximum Gasteiger partial charge on any atom is 0.338 e. The summed E-state index contributed by atoms with van der Waals surface area (Å²) < 4.78 is 29.5. The lowest BCUT2D eigenvalue weighted by molar-refractivity contribution is -0.123. The third-order valence-electron chi connectivity index (χ3n) is 2.68. The Morgan fingerprint density at radius 2 is 1.70 bits per heavy atom. The van der Waals surface area contributed by atoms with Crippen LogP contribution in [0.3, 0.4) is 0 Å². The van der Waals surface area contributed by atoms with Gasteiger partial charge in [0.1, 0.15) is 0 Å². The van der Waals surface area contributed by atoms with Gasteiger partial charge in [-0.15, -0.1) is 0 Å². The largest absolute Gasteiger partial charge is 0.452 e. The summed E-state index contributed by atoms with van der Waals surface area (Å²) in [6, 6.07) is 4.35. The van der Waals surface area contributed by atoms with Crippen LogP contribution in [-0.2, 0) is 19.6 Å². The molecule has 0 saturated heterocycles. The zero-order valence-corrected chi connectivity index (χ0v) is 13.6. The van der Waals surface area contributed by atoms with E-state index in [2.05, 4.69) is 5.32 Å². The minimum atomic E-state index is -3.59. The Morgan fingerprint density at radius 1 is 1.13 bits per heavy atom. The number of urea groups is 1. The second kappa shape index (κ2) is 7.70. The highest BCUT2D eigenvalue weighted by Gasteiger charge is 2.18. The van der Waals surface area contributed by atoms with Gasteiger partial charge < -0.3 is 10.1 Å². The van der Waals surface area contributed by atoms with Crippen LogP contribution < -0.4 is 10.6 Å². The highest BCUT2D eigenvalue weighted by Crippen LogP contribution is 2.14. The van der Waals surface area contributed by atoms with Gasteiger partial charge in [0.05, 0.1) is 10.5 Å². The van der Waals surface area contributed by atoms with Crippen LogP contribution in [0.4, 0.5) is 4.79 Å². The van der Waals surface area contributed by atoms with Gasteiger partial charge in [-0.3, -0.25) is 10.1 Å². The Balaban J connectivity index is 2.69. The van der Waals surface area contributed by atoms with Gasteiger partial charge in [-0.2, -0.15) is 0 Å². The van der Waals surface area contributed by atoms with Crippen molar-refractivity contribution < 1.29 is 27.5 Å². The van der Waals surface area contributed by atoms with E-state index >= 15 is 0 Å². The first kappa shape index (κ1) is 18.6. The molecule has 1 rings (SSSR count). The topological polar surface area (TPSA) is 122 Å². The number of benzene rings is 1. The fourth-order valence-corrected chi connectivity index (χ4v) is 2.32. The molecule has 3 amide bonds. The number of nitrogens with one attached hydrogen (secondary N) is 2. The average molecular weight is 343 g/mol. The molecule has 0 aliphatic carbocycles. The van der Waals surface area contributed by atoms with Crippen LogP contribution in [0.25, 0.3) is 0 Å². The number of imide groups is 1. The summed E-state index contributed by atoms with van der Waals surface area (Å²) in [7, 11) is 0.525. The van der Waals surface area contributed by atoms with Crippen LogP contribution in [-0.4, -0.2) is 58.4 Å². The summed E-state index contributed by atoms with van der Waals surface area (Å²) in [5, 5.41) is 4.10. The van der Waals surface area contributed by atoms with Crippen LogP contribution in [0.15, 0.2) is 29.2 Å². The summed E-state index contributed by atoms with van der Waals surface area (Å²) in [5.41, 5.74) is 0.0791. The van der Waals surface area contributed by atoms with Crippen molar-refractivity contribution in [3.05, 3.63) is 29.8 Å². The van der Waals surface area contributed by atoms with Gasteiger partial charge in [0.25, 0.3) is 5.91 Å². The van der Waals surface area contributed by atoms with Crippen molar-refractivity contribution in [1.82, 2.24) is 14.9 Å². The van der Waals surface area contributed by atoms with E-state index in [1.165, 1.54) is 45.4 Å². The number of sulfonamides is 1. The molecule has 2 N–H and O–H groups in total. The summed E-state index contributed by atoms with van der Waals surface area (Å²) in [6.07, 6.45) is 0. The number of hydrogen-bond acceptors (Lipinski definition) is 6. The zero-order valence-electron chi connectivity index (χ0n) is 12.8. The number of rotatable bonds is 5. The first-order valence-corrected chi connectivity index (χ1v) is 7.83. The van der Waals surface area contributed by atoms with Crippen molar-refractivity contribution in [2.75, 3.05) is 27.7 Å². The van der Waals surface area contributed by atoms with Gasteiger partial charge in [0, 0.05) is 21.1 Å². The van der Waals surface area contributed by atoms with Crippen LogP contribution in [0.2, 0.25) is 0 Å². The summed E-state index contributed by atoms with van der Waals surface area (Å²) in [5.74, 6) is -1.60. The Morgan fingerprint density at radius 3 is 2.17 bits per heavy atom. The molecular formula is C13H17N3O6S. The van der Waals surface area contributed by atoms with Crippen molar-refractivity contribution in [3.8, 4) is 0 Å². The fraction of sp³-hybridized carbons (Fsp3) is 0.308. The normalized spacial score (nSPS) is 11.0. The second-order valence-corrected chi connectivity index (χ2v) is 6.67. The standard InChI is InChI=1S/C13H17N3O6S/c1-14-13(19)15-11(17)8-22-12(18)9-4-6-10(7-5-9)23(20,21)16(2)3/h4-7H,8H2,1-3H3,(H2,14,15,17,19). The van der Waals surface area contributed by atoms with Crippen LogP contribution in [0, 0.1) is 0 Å². The van der Waals surface area contributed by atoms with Crippen molar-refractivity contribution in [2.24, 2.45) is 0 Å². The SMILES string of the molecule is CNC(=O)NC(=O)COC(=O)c1ccc(S(=O)(=O)N(C)C)cc1. The predicted octanol–water partition coefficient (Wildman–Crippen LogP) is -0.451. The average Bonchev–Trinajstić information content (AvgIpc) is 2.52. The van der Waals surface area contributed by atoms with Crippen LogP contribution in [0.1, 0.15) is 10.4 Å². The highest BCUT2D eigenvalue weighted by atomic mass is 32.2. The van der Waals surface area contributed by atoms with Gasteiger partial charge in [0.15, 0.2) is 6.61 Å². The van der Waals surface area contributed by atoms with E-state index in [9.17, 15) is 22.8 Å². The molecule has 10 heteroatoms. The van der Waals surface area contributed by atoms with Gasteiger partial charge in [0.2, 0.25) is 10.0 Å². The smallest absolute Gasteiger partial charge is 0.338 e. The van der Waals surface area contributed by atoms with E-state index in [1.54, 1.807) is 0 Å². The van der Waals surface area contributed by atoms with Gasteiger partial charge in [-0.1, -0.05) is 0 Å². The lowest BCUT2D eigenvalue weighted by atomic mass is 10.2. The predicted molar refractivity (Wildman–Crippen MR) is 80.2 cm³/mol. The second-order valence-electron chi connectivity index (χ2n) is 4.52. The molecule has 1 aromatic carbocycles. The van der Waals surface area contributed by atoms with Crippen molar-refractivity contribution >= 4 is 27.9 Å². The quantitative estimate of drug-likeness (QED) is 0.698. The summed E-state index contributed by atoms with van der Waals surface area (Å²) in [4.78, 5) is 33.9. The van der Waals surface area contributed by atoms with E-state index in [4.69, 9.17) is 4.74 Å². The molecular weight excluding hydrogens is 326 g/mol. The molecule has 126 valence electrons. The number of esters is 1. The minimum Gasteiger partial charge on any atom is -0.452 e. The molecule has 0 aromatic heterocycles. The van der Waals surface area contributed by atoms with Crippen molar-refractivity contribution in [2.45, 2.75) is 4.90 Å². The molecule has 0 heterocycles. The molecule has 0 spiro atoms. The van der Waals surface area contributed by atoms with Crippen molar-refractivity contribution in [3.63, 3.8) is 0 Å². The first-order chi connectivity index (χ1) is 10.7. The molecule has 0 fully saturated rings. The van der Waals surface area contributed by atoms with E-state index < -0.39 is 34.5 Å². The minimum absolute atomic E-state index is 0.0245. The lowest BCUT2D eigenvalue weighted by Gasteiger charge is -2.11. The Bertz CT molecular complexity index is 697. The highest BCUT2D eigenvalue weighted by molar-refractivity contribution is 7.89. The fourth-order valence-electron chi connectivity index (χ4n) is 1.41. The molecule has 0 unspecified atom stereocenters. The van der Waals surface area contributed by atoms with Crippen LogP contribution >= 0.6 is 0 Å². The van der Waals surface area contributed by atoms with Gasteiger partial charge in [-0.25, -0.2) is 22.3 Å². The molecule has 0 radical (unpaired) electrons. The Kier molecular flexibility index (Phi) is 6.22. The molecule has 1 aromatic rings. The number of carbonyl (C=O) groups is 3. The Hall–Kier alpha value is -2.46. The molecule has 0 saturated carbocycles. The summed E-state index contributed by atoms with van der Waals surface area (Å²) >= 11 is 0. The maximum atomic E-state index is 11.9. The number of nitrogens with zero attached hydrogens (tertiary/aromatic N) is 1. The van der Waals surface area contributed by atoms with E-state index in [1.807, 2.05) is 5.32 Å². The molecule has 0 bridgehead atoms. The van der Waals surface area contributed by atoms with E-state index in [-0.39, 0.29) is 10.5 Å². The van der Waals surface area contributed by atoms with Crippen LogP contribution in [0.5, 0.6) is 0 Å². The molecule has 0 aliphatic rings. The third kappa shape index (κ3) is 5.04. The molecule has 9 nitrogen and oxygen atoms in total. The first-order valence-electron chi connectivity index (χ1n) is 6.39. The van der Waals surface area contributed by atoms with Gasteiger partial charge in [-0.05, 0) is 24.3 Å². The third-order valence-corrected chi connectivity index (χ3v) is 4.51. The molecule has 0 atom stereocenters. The molecule has 23 heavy (non-hydrogen) atoms. The number of amides is 3. The maximum absolute atomic E-state index is 11.9. The molecule has 0 aliphatic heterocycles. The number of ether oxygens (including phenoxy) is 1. The Labute approximate surface area is 133 Å². The van der Waals surface area contributed by atoms with E-state index in [0.29, 0.717) is 0 Å².